The van der Waals surface area contributed by atoms with Crippen molar-refractivity contribution in [1.29, 1.82) is 0 Å². The average Bonchev–Trinajstić information content (AvgIpc) is 3.77. The molecule has 9 heteroatoms. The van der Waals surface area contributed by atoms with E-state index in [0.29, 0.717) is 25.7 Å². The summed E-state index contributed by atoms with van der Waals surface area (Å²) in [4.78, 5) is 67.0. The first kappa shape index (κ1) is 33.9. The van der Waals surface area contributed by atoms with Crippen molar-refractivity contribution in [3.05, 3.63) is 0 Å². The van der Waals surface area contributed by atoms with Crippen molar-refractivity contribution in [2.24, 2.45) is 34.5 Å². The van der Waals surface area contributed by atoms with E-state index in [-0.39, 0.29) is 29.2 Å². The number of Topliss-reactive ketones (excluding diaryl/α,β-unsaturated/α-hetero) is 1. The number of rotatable bonds is 14. The van der Waals surface area contributed by atoms with E-state index in [2.05, 4.69) is 21.3 Å². The second-order valence-electron chi connectivity index (χ2n) is 16.7. The number of ketones is 1. The highest BCUT2D eigenvalue weighted by molar-refractivity contribution is 6.38. The minimum absolute atomic E-state index is 0.0465. The summed E-state index contributed by atoms with van der Waals surface area (Å²) in [5.41, 5.74) is -0.511. The zero-order chi connectivity index (χ0) is 32.4. The Morgan fingerprint density at radius 1 is 0.756 bits per heavy atom. The summed E-state index contributed by atoms with van der Waals surface area (Å²) in [5, 5.41) is 11.7. The largest absolute Gasteiger partial charge is 0.347 e. The van der Waals surface area contributed by atoms with Gasteiger partial charge in [-0.3, -0.25) is 24.0 Å². The molecular formula is C36H58N4O5. The fourth-order valence-corrected chi connectivity index (χ4v) is 9.45. The van der Waals surface area contributed by atoms with Crippen molar-refractivity contribution in [1.82, 2.24) is 21.3 Å². The van der Waals surface area contributed by atoms with Crippen LogP contribution in [0.3, 0.4) is 0 Å². The Morgan fingerprint density at radius 3 is 1.87 bits per heavy atom. The number of nitrogens with one attached hydrogen (secondary N) is 4. The Hall–Kier alpha value is -2.45. The van der Waals surface area contributed by atoms with E-state index in [0.717, 1.165) is 75.5 Å². The molecule has 6 aliphatic carbocycles. The van der Waals surface area contributed by atoms with Crippen LogP contribution in [0.25, 0.3) is 0 Å². The molecule has 0 spiro atoms. The summed E-state index contributed by atoms with van der Waals surface area (Å²) in [5.74, 6) is 0.342. The molecule has 0 aromatic carbocycles. The molecule has 0 heterocycles. The van der Waals surface area contributed by atoms with E-state index < -0.39 is 41.1 Å². The van der Waals surface area contributed by atoms with Gasteiger partial charge in [-0.25, -0.2) is 0 Å². The van der Waals surface area contributed by atoms with Crippen LogP contribution in [0, 0.1) is 34.5 Å². The molecule has 6 rings (SSSR count). The van der Waals surface area contributed by atoms with Crippen LogP contribution in [0.5, 0.6) is 0 Å². The van der Waals surface area contributed by atoms with Crippen LogP contribution in [0.2, 0.25) is 0 Å². The van der Waals surface area contributed by atoms with E-state index in [1.54, 1.807) is 0 Å². The van der Waals surface area contributed by atoms with Crippen LogP contribution in [-0.4, -0.2) is 53.6 Å². The highest BCUT2D eigenvalue weighted by Gasteiger charge is 2.52. The number of carbonyl (C=O) groups excluding carboxylic acids is 5. The number of hydrogen-bond donors (Lipinski definition) is 4. The minimum atomic E-state index is -0.939. The zero-order valence-corrected chi connectivity index (χ0v) is 28.2. The second-order valence-corrected chi connectivity index (χ2v) is 16.7. The Kier molecular flexibility index (Phi) is 10.6. The van der Waals surface area contributed by atoms with Gasteiger partial charge in [-0.2, -0.15) is 0 Å². The first-order valence-corrected chi connectivity index (χ1v) is 18.1. The molecule has 6 saturated carbocycles. The van der Waals surface area contributed by atoms with E-state index in [4.69, 9.17) is 0 Å². The van der Waals surface area contributed by atoms with Gasteiger partial charge in [0.2, 0.25) is 23.5 Å². The van der Waals surface area contributed by atoms with E-state index >= 15 is 0 Å². The molecule has 0 aliphatic heterocycles. The quantitative estimate of drug-likeness (QED) is 0.207. The fourth-order valence-electron chi connectivity index (χ4n) is 9.45. The van der Waals surface area contributed by atoms with Gasteiger partial charge in [0.25, 0.3) is 5.91 Å². The van der Waals surface area contributed by atoms with Gasteiger partial charge in [0.05, 0.1) is 6.04 Å². The maximum atomic E-state index is 14.0. The van der Waals surface area contributed by atoms with Crippen LogP contribution in [-0.2, 0) is 24.0 Å². The van der Waals surface area contributed by atoms with Crippen LogP contribution < -0.4 is 21.3 Å². The third-order valence-corrected chi connectivity index (χ3v) is 11.4. The summed E-state index contributed by atoms with van der Waals surface area (Å²) in [6, 6.07) is -2.56. The zero-order valence-electron chi connectivity index (χ0n) is 28.2. The first-order chi connectivity index (χ1) is 21.3. The predicted molar refractivity (Wildman–Crippen MR) is 173 cm³/mol. The first-order valence-electron chi connectivity index (χ1n) is 18.1. The van der Waals surface area contributed by atoms with Crippen LogP contribution >= 0.6 is 0 Å². The molecule has 4 amide bonds. The SMILES string of the molecule is CCC[C@H](NC(=O)[C@H](CC1CCCCC1)NC(=O)[C@@H](NC(=O)CC12CC3CC(CC(C3)C1)C2)C(C)(C)C)C(=O)C(=O)NC1CC1. The van der Waals surface area contributed by atoms with Crippen molar-refractivity contribution in [3.63, 3.8) is 0 Å². The molecular weight excluding hydrogens is 568 g/mol. The van der Waals surface area contributed by atoms with Crippen molar-refractivity contribution in [3.8, 4) is 0 Å². The molecule has 0 saturated heterocycles. The van der Waals surface area contributed by atoms with Gasteiger partial charge in [-0.15, -0.1) is 0 Å². The Balaban J connectivity index is 1.26. The van der Waals surface area contributed by atoms with E-state index in [1.165, 1.54) is 25.7 Å². The molecule has 0 radical (unpaired) electrons. The van der Waals surface area contributed by atoms with Gasteiger partial charge in [0.1, 0.15) is 12.1 Å². The molecule has 252 valence electrons. The molecule has 4 bridgehead atoms. The van der Waals surface area contributed by atoms with Crippen molar-refractivity contribution in [2.45, 2.75) is 161 Å². The lowest BCUT2D eigenvalue weighted by Crippen LogP contribution is -2.60. The lowest BCUT2D eigenvalue weighted by atomic mass is 9.49. The van der Waals surface area contributed by atoms with Crippen LogP contribution in [0.1, 0.15) is 137 Å². The average molecular weight is 627 g/mol. The third kappa shape index (κ3) is 8.88. The van der Waals surface area contributed by atoms with Crippen molar-refractivity contribution in [2.75, 3.05) is 0 Å². The summed E-state index contributed by atoms with van der Waals surface area (Å²) in [7, 11) is 0. The number of carbonyl (C=O) groups is 5. The topological polar surface area (TPSA) is 133 Å². The van der Waals surface area contributed by atoms with Crippen LogP contribution in [0.15, 0.2) is 0 Å². The van der Waals surface area contributed by atoms with Crippen LogP contribution in [0.4, 0.5) is 0 Å². The molecule has 0 aromatic rings. The smallest absolute Gasteiger partial charge is 0.289 e. The highest BCUT2D eigenvalue weighted by atomic mass is 16.2. The normalized spacial score (nSPS) is 29.7. The molecule has 45 heavy (non-hydrogen) atoms. The summed E-state index contributed by atoms with van der Waals surface area (Å²) >= 11 is 0. The molecule has 4 N–H and O–H groups in total. The molecule has 0 unspecified atom stereocenters. The van der Waals surface area contributed by atoms with Crippen molar-refractivity contribution < 1.29 is 24.0 Å². The Morgan fingerprint density at radius 2 is 1.33 bits per heavy atom. The Labute approximate surface area is 269 Å². The van der Waals surface area contributed by atoms with Gasteiger partial charge < -0.3 is 21.3 Å². The van der Waals surface area contributed by atoms with Gasteiger partial charge >= 0.3 is 0 Å². The van der Waals surface area contributed by atoms with E-state index in [1.807, 2.05) is 27.7 Å². The van der Waals surface area contributed by atoms with Crippen molar-refractivity contribution >= 4 is 29.4 Å². The third-order valence-electron chi connectivity index (χ3n) is 11.4. The summed E-state index contributed by atoms with van der Waals surface area (Å²) in [6.07, 6.45) is 16.3. The fraction of sp³-hybridized carbons (Fsp3) is 0.861. The van der Waals surface area contributed by atoms with Gasteiger partial charge in [-0.05, 0) is 98.7 Å². The molecule has 9 nitrogen and oxygen atoms in total. The molecule has 3 atom stereocenters. The predicted octanol–water partition coefficient (Wildman–Crippen LogP) is 4.71. The van der Waals surface area contributed by atoms with Gasteiger partial charge in [-0.1, -0.05) is 66.2 Å². The maximum absolute atomic E-state index is 14.0. The minimum Gasteiger partial charge on any atom is -0.347 e. The highest BCUT2D eigenvalue weighted by Crippen LogP contribution is 2.61. The molecule has 6 aliphatic rings. The summed E-state index contributed by atoms with van der Waals surface area (Å²) in [6.45, 7) is 7.72. The molecule has 0 aromatic heterocycles. The summed E-state index contributed by atoms with van der Waals surface area (Å²) < 4.78 is 0. The Bertz CT molecular complexity index is 1080. The lowest BCUT2D eigenvalue weighted by molar-refractivity contribution is -0.141. The van der Waals surface area contributed by atoms with Gasteiger partial charge in [0, 0.05) is 12.5 Å². The second kappa shape index (κ2) is 14.1. The lowest BCUT2D eigenvalue weighted by Gasteiger charge is -2.56. The van der Waals surface area contributed by atoms with E-state index in [9.17, 15) is 24.0 Å². The molecule has 6 fully saturated rings. The standard InChI is InChI=1S/C36H58N4O5/c1-5-9-27(30(42)33(44)37-26-12-13-26)38-32(43)28(17-22-10-7-6-8-11-22)39-34(45)31(35(2,3)4)40-29(41)21-36-18-23-14-24(19-36)16-25(15-23)20-36/h22-28,31H,5-21H2,1-4H3,(H,37,44)(H,38,43)(H,39,45)(H,40,41)/t23?,24?,25?,27-,28-,31+,36?/m0/s1. The maximum Gasteiger partial charge on any atom is 0.289 e. The number of hydrogen-bond acceptors (Lipinski definition) is 5. The monoisotopic (exact) mass is 626 g/mol. The number of amides is 4. The van der Waals surface area contributed by atoms with Gasteiger partial charge in [0.15, 0.2) is 0 Å².